The number of ether oxygens (including phenoxy) is 1. The van der Waals surface area contributed by atoms with Crippen molar-refractivity contribution in [1.29, 1.82) is 0 Å². The summed E-state index contributed by atoms with van der Waals surface area (Å²) in [6, 6.07) is 4.44. The molecule has 10 heteroatoms. The summed E-state index contributed by atoms with van der Waals surface area (Å²) in [7, 11) is -2.35. The van der Waals surface area contributed by atoms with Gasteiger partial charge < -0.3 is 10.1 Å². The molecule has 0 aliphatic carbocycles. The number of piperidine rings is 1. The highest BCUT2D eigenvalue weighted by Crippen LogP contribution is 2.31. The van der Waals surface area contributed by atoms with E-state index in [0.717, 1.165) is 24.2 Å². The zero-order valence-electron chi connectivity index (χ0n) is 16.3. The van der Waals surface area contributed by atoms with E-state index >= 15 is 0 Å². The van der Waals surface area contributed by atoms with Crippen molar-refractivity contribution in [1.82, 2.24) is 9.21 Å². The van der Waals surface area contributed by atoms with Crippen LogP contribution in [0.4, 0.5) is 5.69 Å². The third-order valence-corrected chi connectivity index (χ3v) is 7.02. The lowest BCUT2D eigenvalue weighted by Crippen LogP contribution is -2.35. The summed E-state index contributed by atoms with van der Waals surface area (Å²) in [5.41, 5.74) is 0.311. The van der Waals surface area contributed by atoms with Crippen LogP contribution in [0.15, 0.2) is 23.1 Å². The maximum Gasteiger partial charge on any atom is 0.246 e. The lowest BCUT2D eigenvalue weighted by atomic mass is 10.2. The molecule has 158 valence electrons. The molecule has 3 rings (SSSR count). The number of sulfonamides is 1. The van der Waals surface area contributed by atoms with Gasteiger partial charge in [-0.15, -0.1) is 0 Å². The molecule has 0 unspecified atom stereocenters. The first-order valence-corrected chi connectivity index (χ1v) is 11.1. The number of nitrogens with zero attached hydrogens (tertiary/aromatic N) is 2. The summed E-state index contributed by atoms with van der Waals surface area (Å²) in [4.78, 5) is 36.6. The number of rotatable bonds is 7. The van der Waals surface area contributed by atoms with Gasteiger partial charge in [0.1, 0.15) is 10.6 Å². The Morgan fingerprint density at radius 2 is 1.76 bits per heavy atom. The van der Waals surface area contributed by atoms with Crippen molar-refractivity contribution in [3.8, 4) is 5.75 Å². The van der Waals surface area contributed by atoms with Gasteiger partial charge in [0.2, 0.25) is 27.7 Å². The zero-order chi connectivity index (χ0) is 21.0. The van der Waals surface area contributed by atoms with Crippen LogP contribution in [0.25, 0.3) is 0 Å². The summed E-state index contributed by atoms with van der Waals surface area (Å²) < 4.78 is 32.7. The largest absolute Gasteiger partial charge is 0.495 e. The lowest BCUT2D eigenvalue weighted by molar-refractivity contribution is -0.138. The Hall–Kier alpha value is -2.46. The summed E-state index contributed by atoms with van der Waals surface area (Å²) in [5.74, 6) is -0.755. The molecule has 1 N–H and O–H groups in total. The Bertz CT molecular complexity index is 893. The third-order valence-electron chi connectivity index (χ3n) is 5.10. The lowest BCUT2D eigenvalue weighted by Gasteiger charge is -2.26. The van der Waals surface area contributed by atoms with E-state index < -0.39 is 15.9 Å². The first-order valence-electron chi connectivity index (χ1n) is 9.64. The van der Waals surface area contributed by atoms with Gasteiger partial charge in [-0.1, -0.05) is 6.42 Å². The average molecular weight is 423 g/mol. The molecule has 2 aliphatic rings. The highest BCUT2D eigenvalue weighted by atomic mass is 32.2. The molecule has 0 atom stereocenters. The van der Waals surface area contributed by atoms with Crippen molar-refractivity contribution in [3.05, 3.63) is 18.2 Å². The smallest absolute Gasteiger partial charge is 0.246 e. The van der Waals surface area contributed by atoms with Crippen LogP contribution in [0.1, 0.15) is 38.5 Å². The molecular weight excluding hydrogens is 398 g/mol. The van der Waals surface area contributed by atoms with Gasteiger partial charge in [0.25, 0.3) is 0 Å². The Balaban J connectivity index is 1.72. The molecule has 2 heterocycles. The van der Waals surface area contributed by atoms with Crippen molar-refractivity contribution in [3.63, 3.8) is 0 Å². The second kappa shape index (κ2) is 8.91. The molecule has 2 saturated heterocycles. The van der Waals surface area contributed by atoms with E-state index in [4.69, 9.17) is 4.74 Å². The van der Waals surface area contributed by atoms with E-state index in [0.29, 0.717) is 18.8 Å². The molecule has 1 aromatic carbocycles. The predicted molar refractivity (Wildman–Crippen MR) is 105 cm³/mol. The van der Waals surface area contributed by atoms with E-state index in [-0.39, 0.29) is 48.3 Å². The number of anilines is 1. The van der Waals surface area contributed by atoms with E-state index in [1.165, 1.54) is 23.5 Å². The molecule has 2 aliphatic heterocycles. The van der Waals surface area contributed by atoms with Crippen LogP contribution < -0.4 is 10.1 Å². The monoisotopic (exact) mass is 423 g/mol. The fourth-order valence-electron chi connectivity index (χ4n) is 3.51. The highest BCUT2D eigenvalue weighted by Gasteiger charge is 2.30. The molecule has 0 bridgehead atoms. The van der Waals surface area contributed by atoms with E-state index in [9.17, 15) is 22.8 Å². The van der Waals surface area contributed by atoms with Crippen molar-refractivity contribution in [2.75, 3.05) is 32.1 Å². The number of likely N-dealkylation sites (tertiary alicyclic amines) is 1. The Kier molecular flexibility index (Phi) is 6.53. The van der Waals surface area contributed by atoms with Gasteiger partial charge in [-0.25, -0.2) is 8.42 Å². The van der Waals surface area contributed by atoms with Crippen LogP contribution >= 0.6 is 0 Å². The van der Waals surface area contributed by atoms with Crippen molar-refractivity contribution < 1.29 is 27.5 Å². The van der Waals surface area contributed by atoms with Crippen LogP contribution in [0, 0.1) is 0 Å². The number of amides is 3. The van der Waals surface area contributed by atoms with Crippen molar-refractivity contribution in [2.45, 2.75) is 43.4 Å². The van der Waals surface area contributed by atoms with Crippen LogP contribution in [-0.4, -0.2) is 62.1 Å². The first kappa shape index (κ1) is 21.3. The number of methoxy groups -OCH3 is 1. The number of nitrogens with one attached hydrogen (secondary N) is 1. The quantitative estimate of drug-likeness (QED) is 0.663. The standard InChI is InChI=1S/C19H25N3O6S/c1-28-15-6-5-14(13-16(15)29(26,27)21-10-3-2-4-11-21)20-17(23)9-12-22-18(24)7-8-19(22)25/h5-6,13H,2-4,7-12H2,1H3,(H,20,23). The van der Waals surface area contributed by atoms with Gasteiger partial charge in [0.05, 0.1) is 7.11 Å². The van der Waals surface area contributed by atoms with Crippen LogP contribution in [-0.2, 0) is 24.4 Å². The normalized spacial score (nSPS) is 18.2. The van der Waals surface area contributed by atoms with Gasteiger partial charge in [0.15, 0.2) is 0 Å². The number of carbonyl (C=O) groups excluding carboxylic acids is 3. The Morgan fingerprint density at radius 3 is 2.38 bits per heavy atom. The minimum Gasteiger partial charge on any atom is -0.495 e. The van der Waals surface area contributed by atoms with E-state index in [1.807, 2.05) is 0 Å². The summed E-state index contributed by atoms with van der Waals surface area (Å²) in [5, 5.41) is 2.64. The molecule has 0 saturated carbocycles. The maximum atomic E-state index is 13.0. The summed E-state index contributed by atoms with van der Waals surface area (Å²) in [6.07, 6.45) is 2.92. The fourth-order valence-corrected chi connectivity index (χ4v) is 5.21. The SMILES string of the molecule is COc1ccc(NC(=O)CCN2C(=O)CCC2=O)cc1S(=O)(=O)N1CCCCC1. The van der Waals surface area contributed by atoms with Gasteiger partial charge in [-0.05, 0) is 31.0 Å². The first-order chi connectivity index (χ1) is 13.8. The summed E-state index contributed by atoms with van der Waals surface area (Å²) >= 11 is 0. The van der Waals surface area contributed by atoms with Crippen LogP contribution in [0.2, 0.25) is 0 Å². The molecule has 3 amide bonds. The van der Waals surface area contributed by atoms with E-state index in [1.54, 1.807) is 6.07 Å². The Morgan fingerprint density at radius 1 is 1.10 bits per heavy atom. The second-order valence-corrected chi connectivity index (χ2v) is 8.97. The van der Waals surface area contributed by atoms with E-state index in [2.05, 4.69) is 5.32 Å². The molecule has 0 radical (unpaired) electrons. The minimum absolute atomic E-state index is 0.00426. The number of imide groups is 1. The zero-order valence-corrected chi connectivity index (χ0v) is 17.2. The highest BCUT2D eigenvalue weighted by molar-refractivity contribution is 7.89. The van der Waals surface area contributed by atoms with Crippen molar-refractivity contribution in [2.24, 2.45) is 0 Å². The number of hydrogen-bond acceptors (Lipinski definition) is 6. The van der Waals surface area contributed by atoms with Gasteiger partial charge in [0, 0.05) is 44.6 Å². The fraction of sp³-hybridized carbons (Fsp3) is 0.526. The molecular formula is C19H25N3O6S. The maximum absolute atomic E-state index is 13.0. The predicted octanol–water partition coefficient (Wildman–Crippen LogP) is 1.35. The molecule has 0 aromatic heterocycles. The van der Waals surface area contributed by atoms with Gasteiger partial charge in [-0.3, -0.25) is 19.3 Å². The summed E-state index contributed by atoms with van der Waals surface area (Å²) in [6.45, 7) is 0.929. The molecule has 9 nitrogen and oxygen atoms in total. The van der Waals surface area contributed by atoms with Crippen LogP contribution in [0.5, 0.6) is 5.75 Å². The topological polar surface area (TPSA) is 113 Å². The minimum atomic E-state index is -3.74. The third kappa shape index (κ3) is 4.76. The van der Waals surface area contributed by atoms with Crippen molar-refractivity contribution >= 4 is 33.4 Å². The van der Waals surface area contributed by atoms with Gasteiger partial charge in [-0.2, -0.15) is 4.31 Å². The molecule has 29 heavy (non-hydrogen) atoms. The number of carbonyl (C=O) groups is 3. The molecule has 1 aromatic rings. The van der Waals surface area contributed by atoms with Crippen LogP contribution in [0.3, 0.4) is 0 Å². The van der Waals surface area contributed by atoms with Gasteiger partial charge >= 0.3 is 0 Å². The number of hydrogen-bond donors (Lipinski definition) is 1. The molecule has 2 fully saturated rings. The average Bonchev–Trinajstić information content (AvgIpc) is 3.04. The Labute approximate surface area is 170 Å². The molecule has 0 spiro atoms. The second-order valence-electron chi connectivity index (χ2n) is 7.07. The number of benzene rings is 1.